The number of fused-ring (bicyclic) bond motifs is 1. The van der Waals surface area contributed by atoms with Gasteiger partial charge in [-0.3, -0.25) is 9.69 Å². The summed E-state index contributed by atoms with van der Waals surface area (Å²) in [7, 11) is 0. The lowest BCUT2D eigenvalue weighted by Crippen LogP contribution is -2.39. The van der Waals surface area contributed by atoms with E-state index in [2.05, 4.69) is 20.6 Å². The molecule has 3 aromatic rings. The second kappa shape index (κ2) is 7.85. The average molecular weight is 393 g/mol. The topological polar surface area (TPSA) is 87.2 Å². The van der Waals surface area contributed by atoms with Gasteiger partial charge in [-0.15, -0.1) is 0 Å². The van der Waals surface area contributed by atoms with Gasteiger partial charge in [0.2, 0.25) is 5.91 Å². The first-order chi connectivity index (χ1) is 13.6. The molecule has 7 nitrogen and oxygen atoms in total. The second-order valence-electron chi connectivity index (χ2n) is 6.34. The highest BCUT2D eigenvalue weighted by Crippen LogP contribution is 2.29. The molecular weight excluding hydrogens is 374 g/mol. The summed E-state index contributed by atoms with van der Waals surface area (Å²) in [5, 5.41) is 6.88. The molecule has 2 aromatic carbocycles. The van der Waals surface area contributed by atoms with Crippen molar-refractivity contribution in [3.63, 3.8) is 0 Å². The number of thioether (sulfide) groups is 1. The number of rotatable bonds is 5. The normalized spacial score (nSPS) is 14.8. The summed E-state index contributed by atoms with van der Waals surface area (Å²) >= 11 is 1.25. The molecule has 142 valence electrons. The van der Waals surface area contributed by atoms with Gasteiger partial charge in [-0.25, -0.2) is 14.8 Å². The Labute approximate surface area is 166 Å². The fraction of sp³-hybridized carbons (Fsp3) is 0.200. The van der Waals surface area contributed by atoms with Gasteiger partial charge < -0.3 is 10.6 Å². The third-order valence-corrected chi connectivity index (χ3v) is 5.32. The Hall–Kier alpha value is -3.13. The highest BCUT2D eigenvalue weighted by Gasteiger charge is 2.30. The minimum Gasteiger partial charge on any atom is -0.340 e. The van der Waals surface area contributed by atoms with Crippen molar-refractivity contribution in [1.29, 1.82) is 0 Å². The van der Waals surface area contributed by atoms with Crippen molar-refractivity contribution in [3.05, 3.63) is 54.6 Å². The lowest BCUT2D eigenvalue weighted by atomic mass is 10.2. The van der Waals surface area contributed by atoms with Gasteiger partial charge in [-0.2, -0.15) is 0 Å². The van der Waals surface area contributed by atoms with Crippen molar-refractivity contribution >= 4 is 46.1 Å². The van der Waals surface area contributed by atoms with E-state index in [-0.39, 0.29) is 11.9 Å². The number of carbonyl (C=O) groups excluding carboxylic acids is 2. The summed E-state index contributed by atoms with van der Waals surface area (Å²) in [6.45, 7) is 2.64. The number of hydrogen-bond acceptors (Lipinski definition) is 6. The molecule has 1 saturated heterocycles. The number of urea groups is 1. The fourth-order valence-electron chi connectivity index (χ4n) is 2.97. The van der Waals surface area contributed by atoms with Crippen LogP contribution in [0, 0.1) is 0 Å². The molecule has 1 unspecified atom stereocenters. The molecule has 0 bridgehead atoms. The second-order valence-corrected chi connectivity index (χ2v) is 7.65. The molecular formula is C20H19N5O2S. The van der Waals surface area contributed by atoms with Crippen LogP contribution in [0.15, 0.2) is 59.8 Å². The van der Waals surface area contributed by atoms with E-state index in [0.29, 0.717) is 24.1 Å². The molecule has 0 radical (unpaired) electrons. The number of nitrogens with zero attached hydrogens (tertiary/aromatic N) is 3. The number of anilines is 2. The van der Waals surface area contributed by atoms with Crippen molar-refractivity contribution in [2.75, 3.05) is 18.4 Å². The number of amides is 3. The molecule has 1 aliphatic rings. The summed E-state index contributed by atoms with van der Waals surface area (Å²) in [4.78, 5) is 34.8. The lowest BCUT2D eigenvalue weighted by Gasteiger charge is -2.17. The van der Waals surface area contributed by atoms with Gasteiger partial charge in [0.15, 0.2) is 5.16 Å². The van der Waals surface area contributed by atoms with Crippen LogP contribution in [0.3, 0.4) is 0 Å². The third kappa shape index (κ3) is 3.77. The Bertz CT molecular complexity index is 1030. The summed E-state index contributed by atoms with van der Waals surface area (Å²) < 4.78 is 0. The molecule has 28 heavy (non-hydrogen) atoms. The van der Waals surface area contributed by atoms with Crippen molar-refractivity contribution in [3.8, 4) is 0 Å². The van der Waals surface area contributed by atoms with Gasteiger partial charge in [-0.05, 0) is 31.2 Å². The van der Waals surface area contributed by atoms with Crippen molar-refractivity contribution in [1.82, 2.24) is 20.2 Å². The molecule has 1 aliphatic heterocycles. The first-order valence-corrected chi connectivity index (χ1v) is 9.84. The summed E-state index contributed by atoms with van der Waals surface area (Å²) in [6.07, 6.45) is 0. The van der Waals surface area contributed by atoms with Gasteiger partial charge >= 0.3 is 6.03 Å². The Morgan fingerprint density at radius 1 is 1.14 bits per heavy atom. The highest BCUT2D eigenvalue weighted by molar-refractivity contribution is 8.00. The predicted molar refractivity (Wildman–Crippen MR) is 110 cm³/mol. The average Bonchev–Trinajstić information content (AvgIpc) is 3.14. The summed E-state index contributed by atoms with van der Waals surface area (Å²) in [6, 6.07) is 17.1. The maximum Gasteiger partial charge on any atom is 0.324 e. The van der Waals surface area contributed by atoms with Crippen LogP contribution in [0.5, 0.6) is 0 Å². The molecule has 2 heterocycles. The molecule has 0 aliphatic carbocycles. The fourth-order valence-corrected chi connectivity index (χ4v) is 3.81. The van der Waals surface area contributed by atoms with Crippen molar-refractivity contribution < 1.29 is 9.59 Å². The Morgan fingerprint density at radius 2 is 1.89 bits per heavy atom. The number of aromatic nitrogens is 2. The molecule has 3 amide bonds. The number of benzene rings is 2. The number of hydrogen-bond donors (Lipinski definition) is 2. The molecule has 1 aromatic heterocycles. The zero-order valence-corrected chi connectivity index (χ0v) is 16.1. The van der Waals surface area contributed by atoms with Gasteiger partial charge in [-0.1, -0.05) is 42.1 Å². The van der Waals surface area contributed by atoms with Crippen LogP contribution in [0.2, 0.25) is 0 Å². The standard InChI is InChI=1S/C20H19N5O2S/c1-13(18(26)25-12-11-21-20(25)27)28-19-23-16-10-6-5-9-15(16)17(24-19)22-14-7-3-2-4-8-14/h2-10,13H,11-12H2,1H3,(H,21,27)(H,22,23,24). The van der Waals surface area contributed by atoms with Crippen LogP contribution < -0.4 is 10.6 Å². The Kier molecular flexibility index (Phi) is 5.12. The van der Waals surface area contributed by atoms with Gasteiger partial charge in [0.25, 0.3) is 0 Å². The van der Waals surface area contributed by atoms with Gasteiger partial charge in [0, 0.05) is 24.2 Å². The maximum absolute atomic E-state index is 12.6. The third-order valence-electron chi connectivity index (χ3n) is 4.37. The van der Waals surface area contributed by atoms with E-state index in [0.717, 1.165) is 16.6 Å². The van der Waals surface area contributed by atoms with Crippen LogP contribution >= 0.6 is 11.8 Å². The Balaban J connectivity index is 1.62. The number of carbonyl (C=O) groups is 2. The van der Waals surface area contributed by atoms with Crippen LogP contribution in [-0.2, 0) is 4.79 Å². The van der Waals surface area contributed by atoms with Crippen LogP contribution in [0.25, 0.3) is 10.9 Å². The lowest BCUT2D eigenvalue weighted by molar-refractivity contribution is -0.126. The largest absolute Gasteiger partial charge is 0.340 e. The SMILES string of the molecule is CC(Sc1nc(Nc2ccccc2)c2ccccc2n1)C(=O)N1CCNC1=O. The monoisotopic (exact) mass is 393 g/mol. The molecule has 0 spiro atoms. The number of imide groups is 1. The van der Waals surface area contributed by atoms with E-state index >= 15 is 0 Å². The van der Waals surface area contributed by atoms with E-state index < -0.39 is 5.25 Å². The van der Waals surface area contributed by atoms with Crippen LogP contribution in [-0.4, -0.2) is 45.1 Å². The highest BCUT2D eigenvalue weighted by atomic mass is 32.2. The van der Waals surface area contributed by atoms with Crippen molar-refractivity contribution in [2.24, 2.45) is 0 Å². The van der Waals surface area contributed by atoms with Crippen molar-refractivity contribution in [2.45, 2.75) is 17.3 Å². The molecule has 0 saturated carbocycles. The number of para-hydroxylation sites is 2. The van der Waals surface area contributed by atoms with Crippen LogP contribution in [0.4, 0.5) is 16.3 Å². The minimum atomic E-state index is -0.477. The van der Waals surface area contributed by atoms with Crippen LogP contribution in [0.1, 0.15) is 6.92 Å². The summed E-state index contributed by atoms with van der Waals surface area (Å²) in [5.74, 6) is 0.437. The maximum atomic E-state index is 12.6. The molecule has 8 heteroatoms. The first-order valence-electron chi connectivity index (χ1n) is 8.96. The zero-order chi connectivity index (χ0) is 19.5. The molecule has 1 atom stereocenters. The number of nitrogens with one attached hydrogen (secondary N) is 2. The van der Waals surface area contributed by atoms with E-state index in [1.807, 2.05) is 54.6 Å². The quantitative estimate of drug-likeness (QED) is 0.510. The summed E-state index contributed by atoms with van der Waals surface area (Å²) in [5.41, 5.74) is 1.71. The van der Waals surface area contributed by atoms with E-state index in [9.17, 15) is 9.59 Å². The van der Waals surface area contributed by atoms with Gasteiger partial charge in [0.1, 0.15) is 5.82 Å². The molecule has 1 fully saturated rings. The zero-order valence-electron chi connectivity index (χ0n) is 15.3. The van der Waals surface area contributed by atoms with E-state index in [1.165, 1.54) is 16.7 Å². The Morgan fingerprint density at radius 3 is 2.64 bits per heavy atom. The van der Waals surface area contributed by atoms with E-state index in [4.69, 9.17) is 0 Å². The molecule has 2 N–H and O–H groups in total. The van der Waals surface area contributed by atoms with Gasteiger partial charge in [0.05, 0.1) is 10.8 Å². The van der Waals surface area contributed by atoms with E-state index in [1.54, 1.807) is 6.92 Å². The predicted octanol–water partition coefficient (Wildman–Crippen LogP) is 3.41. The smallest absolute Gasteiger partial charge is 0.324 e. The molecule has 4 rings (SSSR count). The first kappa shape index (κ1) is 18.2. The minimum absolute atomic E-state index is 0.241.